The first-order valence-electron chi connectivity index (χ1n) is 8.16. The first kappa shape index (κ1) is 15.0. The van der Waals surface area contributed by atoms with E-state index in [-0.39, 0.29) is 0 Å². The molecule has 1 saturated heterocycles. The molecule has 1 fully saturated rings. The van der Waals surface area contributed by atoms with E-state index in [9.17, 15) is 0 Å². The Morgan fingerprint density at radius 1 is 1.38 bits per heavy atom. The van der Waals surface area contributed by atoms with Crippen LogP contribution in [0.15, 0.2) is 6.20 Å². The number of rotatable bonds is 5. The van der Waals surface area contributed by atoms with Gasteiger partial charge in [-0.05, 0) is 25.7 Å². The Labute approximate surface area is 127 Å². The minimum Gasteiger partial charge on any atom is -0.381 e. The van der Waals surface area contributed by atoms with E-state index >= 15 is 0 Å². The maximum absolute atomic E-state index is 5.70. The van der Waals surface area contributed by atoms with E-state index in [0.717, 1.165) is 45.4 Å². The number of ether oxygens (including phenoxy) is 2. The predicted molar refractivity (Wildman–Crippen MR) is 81.3 cm³/mol. The van der Waals surface area contributed by atoms with Crippen molar-refractivity contribution in [1.29, 1.82) is 0 Å². The fraction of sp³-hybridized carbons (Fsp3) is 0.812. The standard InChI is InChI=1S/C16H27N3O2/c1-3-20-12-15-11-19(9-13-4-6-21-7-5-13)10-14-8-17-18(2)16(14)15/h8,13,15H,3-7,9-12H2,1-2H3/t15-/m1/s1. The van der Waals surface area contributed by atoms with Gasteiger partial charge in [-0.15, -0.1) is 0 Å². The van der Waals surface area contributed by atoms with E-state index in [2.05, 4.69) is 16.9 Å². The second kappa shape index (κ2) is 6.90. The molecular formula is C16H27N3O2. The number of hydrogen-bond donors (Lipinski definition) is 0. The Morgan fingerprint density at radius 2 is 2.19 bits per heavy atom. The SMILES string of the molecule is CCOC[C@H]1CN(CC2CCOCC2)Cc2cnn(C)c21. The van der Waals surface area contributed by atoms with Gasteiger partial charge in [0.1, 0.15) is 0 Å². The van der Waals surface area contributed by atoms with E-state index in [1.165, 1.54) is 30.6 Å². The van der Waals surface area contributed by atoms with Crippen LogP contribution in [0.1, 0.15) is 36.9 Å². The molecule has 3 rings (SSSR count). The van der Waals surface area contributed by atoms with Crippen LogP contribution in [0.5, 0.6) is 0 Å². The minimum absolute atomic E-state index is 0.445. The zero-order valence-corrected chi connectivity index (χ0v) is 13.3. The highest BCUT2D eigenvalue weighted by Crippen LogP contribution is 2.29. The van der Waals surface area contributed by atoms with E-state index in [0.29, 0.717) is 5.92 Å². The van der Waals surface area contributed by atoms with Crippen molar-refractivity contribution in [2.45, 2.75) is 32.2 Å². The van der Waals surface area contributed by atoms with Gasteiger partial charge in [-0.2, -0.15) is 5.10 Å². The maximum atomic E-state index is 5.70. The molecule has 0 radical (unpaired) electrons. The summed E-state index contributed by atoms with van der Waals surface area (Å²) in [5.41, 5.74) is 2.74. The molecule has 0 N–H and O–H groups in total. The molecule has 0 bridgehead atoms. The van der Waals surface area contributed by atoms with Crippen molar-refractivity contribution in [1.82, 2.24) is 14.7 Å². The first-order valence-corrected chi connectivity index (χ1v) is 8.16. The summed E-state index contributed by atoms with van der Waals surface area (Å²) in [5.74, 6) is 1.23. The number of fused-ring (bicyclic) bond motifs is 1. The first-order chi connectivity index (χ1) is 10.3. The van der Waals surface area contributed by atoms with Crippen molar-refractivity contribution in [3.63, 3.8) is 0 Å². The normalized spacial score (nSPS) is 24.2. The van der Waals surface area contributed by atoms with Gasteiger partial charge in [0, 0.05) is 63.7 Å². The van der Waals surface area contributed by atoms with Crippen LogP contribution in [-0.4, -0.2) is 54.2 Å². The Hall–Kier alpha value is -0.910. The summed E-state index contributed by atoms with van der Waals surface area (Å²) in [5, 5.41) is 4.45. The second-order valence-electron chi connectivity index (χ2n) is 6.28. The lowest BCUT2D eigenvalue weighted by molar-refractivity contribution is 0.0441. The molecule has 118 valence electrons. The number of aromatic nitrogens is 2. The van der Waals surface area contributed by atoms with Gasteiger partial charge in [-0.25, -0.2) is 0 Å². The molecule has 21 heavy (non-hydrogen) atoms. The molecule has 5 heteroatoms. The molecule has 1 aromatic rings. The molecule has 5 nitrogen and oxygen atoms in total. The molecule has 0 aromatic carbocycles. The summed E-state index contributed by atoms with van der Waals surface area (Å²) >= 11 is 0. The Morgan fingerprint density at radius 3 is 2.95 bits per heavy atom. The van der Waals surface area contributed by atoms with Gasteiger partial charge in [0.2, 0.25) is 0 Å². The number of aryl methyl sites for hydroxylation is 1. The number of hydrogen-bond acceptors (Lipinski definition) is 4. The van der Waals surface area contributed by atoms with Gasteiger partial charge >= 0.3 is 0 Å². The van der Waals surface area contributed by atoms with Gasteiger partial charge in [0.15, 0.2) is 0 Å². The van der Waals surface area contributed by atoms with Crippen LogP contribution in [0, 0.1) is 5.92 Å². The van der Waals surface area contributed by atoms with Gasteiger partial charge in [0.05, 0.1) is 12.8 Å². The lowest BCUT2D eigenvalue weighted by Gasteiger charge is -2.36. The summed E-state index contributed by atoms with van der Waals surface area (Å²) in [4.78, 5) is 2.59. The highest BCUT2D eigenvalue weighted by Gasteiger charge is 2.30. The van der Waals surface area contributed by atoms with Gasteiger partial charge in [0.25, 0.3) is 0 Å². The Bertz CT molecular complexity index is 454. The highest BCUT2D eigenvalue weighted by molar-refractivity contribution is 5.25. The molecular weight excluding hydrogens is 266 g/mol. The Kier molecular flexibility index (Phi) is 4.93. The van der Waals surface area contributed by atoms with Crippen molar-refractivity contribution in [3.8, 4) is 0 Å². The third-order valence-corrected chi connectivity index (χ3v) is 4.70. The molecule has 0 unspecified atom stereocenters. The van der Waals surface area contributed by atoms with Crippen molar-refractivity contribution < 1.29 is 9.47 Å². The highest BCUT2D eigenvalue weighted by atomic mass is 16.5. The quantitative estimate of drug-likeness (QED) is 0.829. The predicted octanol–water partition coefficient (Wildman–Crippen LogP) is 1.78. The molecule has 0 saturated carbocycles. The van der Waals surface area contributed by atoms with Crippen LogP contribution in [0.25, 0.3) is 0 Å². The van der Waals surface area contributed by atoms with Crippen LogP contribution in [-0.2, 0) is 23.1 Å². The van der Waals surface area contributed by atoms with Crippen molar-refractivity contribution >= 4 is 0 Å². The van der Waals surface area contributed by atoms with E-state index in [1.807, 2.05) is 17.9 Å². The average molecular weight is 293 g/mol. The Balaban J connectivity index is 1.67. The lowest BCUT2D eigenvalue weighted by atomic mass is 9.94. The molecule has 2 aliphatic heterocycles. The molecule has 0 spiro atoms. The van der Waals surface area contributed by atoms with Crippen LogP contribution >= 0.6 is 0 Å². The minimum atomic E-state index is 0.445. The summed E-state index contributed by atoms with van der Waals surface area (Å²) in [7, 11) is 2.05. The molecule has 2 aliphatic rings. The van der Waals surface area contributed by atoms with Gasteiger partial charge in [-0.1, -0.05) is 0 Å². The molecule has 1 aromatic heterocycles. The second-order valence-corrected chi connectivity index (χ2v) is 6.28. The topological polar surface area (TPSA) is 39.5 Å². The monoisotopic (exact) mass is 293 g/mol. The fourth-order valence-electron chi connectivity index (χ4n) is 3.67. The summed E-state index contributed by atoms with van der Waals surface area (Å²) < 4.78 is 13.2. The molecule has 3 heterocycles. The van der Waals surface area contributed by atoms with Gasteiger partial charge in [-0.3, -0.25) is 9.58 Å². The maximum Gasteiger partial charge on any atom is 0.0562 e. The zero-order valence-electron chi connectivity index (χ0n) is 13.3. The molecule has 0 aliphatic carbocycles. The van der Waals surface area contributed by atoms with E-state index in [1.54, 1.807) is 0 Å². The van der Waals surface area contributed by atoms with Crippen LogP contribution in [0.3, 0.4) is 0 Å². The fourth-order valence-corrected chi connectivity index (χ4v) is 3.67. The molecule has 0 amide bonds. The largest absolute Gasteiger partial charge is 0.381 e. The third-order valence-electron chi connectivity index (χ3n) is 4.70. The average Bonchev–Trinajstić information content (AvgIpc) is 2.87. The van der Waals surface area contributed by atoms with Crippen LogP contribution in [0.4, 0.5) is 0 Å². The smallest absolute Gasteiger partial charge is 0.0562 e. The summed E-state index contributed by atoms with van der Waals surface area (Å²) in [6.07, 6.45) is 4.43. The molecule has 1 atom stereocenters. The van der Waals surface area contributed by atoms with E-state index in [4.69, 9.17) is 9.47 Å². The van der Waals surface area contributed by atoms with Crippen LogP contribution < -0.4 is 0 Å². The lowest BCUT2D eigenvalue weighted by Crippen LogP contribution is -2.39. The van der Waals surface area contributed by atoms with Crippen LogP contribution in [0.2, 0.25) is 0 Å². The summed E-state index contributed by atoms with van der Waals surface area (Å²) in [6, 6.07) is 0. The van der Waals surface area contributed by atoms with E-state index < -0.39 is 0 Å². The number of nitrogens with zero attached hydrogens (tertiary/aromatic N) is 3. The van der Waals surface area contributed by atoms with Crippen molar-refractivity contribution in [2.75, 3.05) is 39.5 Å². The zero-order chi connectivity index (χ0) is 14.7. The van der Waals surface area contributed by atoms with Crippen molar-refractivity contribution in [2.24, 2.45) is 13.0 Å². The third kappa shape index (κ3) is 3.47. The van der Waals surface area contributed by atoms with Crippen molar-refractivity contribution in [3.05, 3.63) is 17.5 Å². The van der Waals surface area contributed by atoms with Gasteiger partial charge < -0.3 is 9.47 Å². The summed E-state index contributed by atoms with van der Waals surface area (Å²) in [6.45, 7) is 8.80.